The summed E-state index contributed by atoms with van der Waals surface area (Å²) in [4.78, 5) is 14.5. The van der Waals surface area contributed by atoms with Gasteiger partial charge in [0.25, 0.3) is 0 Å². The Labute approximate surface area is 64.4 Å². The normalized spacial score (nSPS) is 9.18. The highest BCUT2D eigenvalue weighted by atomic mass is 16.1. The highest BCUT2D eigenvalue weighted by Crippen LogP contribution is 1.98. The van der Waals surface area contributed by atoms with Crippen LogP contribution in [-0.4, -0.2) is 10.9 Å². The molecule has 11 heavy (non-hydrogen) atoms. The van der Waals surface area contributed by atoms with Gasteiger partial charge in [0.15, 0.2) is 0 Å². The van der Waals surface area contributed by atoms with Crippen molar-refractivity contribution in [3.63, 3.8) is 0 Å². The standard InChI is InChI=1S/C7H8N3O/c8-5-7(11)10-6-3-1-2-4-9-6/h1-5H,8H2,(H,9,10,11). The fraction of sp³-hybridized carbons (Fsp3) is 0. The fourth-order valence-corrected chi connectivity index (χ4v) is 0.605. The number of hydrogen-bond acceptors (Lipinski definition) is 3. The summed E-state index contributed by atoms with van der Waals surface area (Å²) in [5.41, 5.74) is 4.96. The molecule has 4 heteroatoms. The number of amides is 1. The smallest absolute Gasteiger partial charge is 0.244 e. The van der Waals surface area contributed by atoms with Gasteiger partial charge in [-0.25, -0.2) is 4.98 Å². The van der Waals surface area contributed by atoms with E-state index in [4.69, 9.17) is 5.73 Å². The van der Waals surface area contributed by atoms with Crippen molar-refractivity contribution in [2.24, 2.45) is 5.73 Å². The van der Waals surface area contributed by atoms with E-state index in [9.17, 15) is 4.79 Å². The molecule has 1 aromatic heterocycles. The zero-order valence-corrected chi connectivity index (χ0v) is 5.82. The van der Waals surface area contributed by atoms with Gasteiger partial charge in [-0.1, -0.05) is 6.07 Å². The van der Waals surface area contributed by atoms with Crippen molar-refractivity contribution in [1.29, 1.82) is 0 Å². The predicted octanol–water partition coefficient (Wildman–Crippen LogP) is 0.141. The molecule has 1 amide bonds. The molecule has 1 radical (unpaired) electrons. The first-order valence-corrected chi connectivity index (χ1v) is 3.10. The Balaban J connectivity index is 2.58. The monoisotopic (exact) mass is 150 g/mol. The molecule has 0 saturated heterocycles. The van der Waals surface area contributed by atoms with Crippen LogP contribution in [0.1, 0.15) is 0 Å². The van der Waals surface area contributed by atoms with E-state index < -0.39 is 0 Å². The van der Waals surface area contributed by atoms with Crippen molar-refractivity contribution in [1.82, 2.24) is 4.98 Å². The molecule has 0 unspecified atom stereocenters. The Kier molecular flexibility index (Phi) is 2.57. The minimum absolute atomic E-state index is 0.358. The summed E-state index contributed by atoms with van der Waals surface area (Å²) in [6.07, 6.45) is 1.59. The zero-order chi connectivity index (χ0) is 8.10. The third-order valence-corrected chi connectivity index (χ3v) is 1.07. The summed E-state index contributed by atoms with van der Waals surface area (Å²) >= 11 is 0. The maximum absolute atomic E-state index is 10.6. The van der Waals surface area contributed by atoms with Gasteiger partial charge >= 0.3 is 0 Å². The second kappa shape index (κ2) is 3.68. The summed E-state index contributed by atoms with van der Waals surface area (Å²) in [6, 6.07) is 5.22. The summed E-state index contributed by atoms with van der Waals surface area (Å²) in [7, 11) is 0. The summed E-state index contributed by atoms with van der Waals surface area (Å²) in [5.74, 6) is 0.142. The van der Waals surface area contributed by atoms with Crippen molar-refractivity contribution in [3.05, 3.63) is 30.9 Å². The lowest BCUT2D eigenvalue weighted by molar-refractivity contribution is -0.113. The van der Waals surface area contributed by atoms with Gasteiger partial charge in [-0.2, -0.15) is 0 Å². The number of rotatable bonds is 2. The van der Waals surface area contributed by atoms with Crippen LogP contribution in [0.4, 0.5) is 5.82 Å². The van der Waals surface area contributed by atoms with Gasteiger partial charge in [-0.05, 0) is 12.1 Å². The zero-order valence-electron chi connectivity index (χ0n) is 5.82. The molecule has 57 valence electrons. The summed E-state index contributed by atoms with van der Waals surface area (Å²) < 4.78 is 0. The quantitative estimate of drug-likeness (QED) is 0.630. The molecule has 1 heterocycles. The first-order chi connectivity index (χ1) is 5.33. The third-order valence-electron chi connectivity index (χ3n) is 1.07. The fourth-order valence-electron chi connectivity index (χ4n) is 0.605. The molecular formula is C7H8N3O. The van der Waals surface area contributed by atoms with Crippen molar-refractivity contribution in [3.8, 4) is 0 Å². The number of aromatic nitrogens is 1. The summed E-state index contributed by atoms with van der Waals surface area (Å²) in [5, 5.41) is 2.46. The van der Waals surface area contributed by atoms with Crippen LogP contribution in [0.5, 0.6) is 0 Å². The van der Waals surface area contributed by atoms with Crippen LogP contribution >= 0.6 is 0 Å². The molecule has 0 atom stereocenters. The molecule has 3 N–H and O–H groups in total. The van der Waals surface area contributed by atoms with E-state index in [2.05, 4.69) is 10.3 Å². The number of carbonyl (C=O) groups is 1. The lowest BCUT2D eigenvalue weighted by Gasteiger charge is -1.99. The number of carbonyl (C=O) groups excluding carboxylic acids is 1. The first kappa shape index (κ1) is 7.68. The molecule has 0 saturated carbocycles. The van der Waals surface area contributed by atoms with Gasteiger partial charge in [-0.15, -0.1) is 0 Å². The second-order valence-electron chi connectivity index (χ2n) is 1.87. The highest BCUT2D eigenvalue weighted by molar-refractivity contribution is 5.95. The topological polar surface area (TPSA) is 68.0 Å². The van der Waals surface area contributed by atoms with E-state index in [1.165, 1.54) is 0 Å². The molecule has 0 bridgehead atoms. The molecular weight excluding hydrogens is 142 g/mol. The Morgan fingerprint density at radius 3 is 3.00 bits per heavy atom. The van der Waals surface area contributed by atoms with E-state index in [0.717, 1.165) is 6.54 Å². The van der Waals surface area contributed by atoms with Gasteiger partial charge in [-0.3, -0.25) is 4.79 Å². The molecule has 1 rings (SSSR count). The van der Waals surface area contributed by atoms with Crippen LogP contribution < -0.4 is 11.1 Å². The average molecular weight is 150 g/mol. The van der Waals surface area contributed by atoms with E-state index in [1.807, 2.05) is 0 Å². The first-order valence-electron chi connectivity index (χ1n) is 3.10. The summed E-state index contributed by atoms with van der Waals surface area (Å²) in [6.45, 7) is 0.953. The second-order valence-corrected chi connectivity index (χ2v) is 1.87. The minimum atomic E-state index is -0.358. The van der Waals surface area contributed by atoms with Crippen LogP contribution in [0, 0.1) is 6.54 Å². The van der Waals surface area contributed by atoms with E-state index >= 15 is 0 Å². The number of nitrogens with zero attached hydrogens (tertiary/aromatic N) is 1. The molecule has 0 aliphatic heterocycles. The van der Waals surface area contributed by atoms with E-state index in [1.54, 1.807) is 24.4 Å². The highest BCUT2D eigenvalue weighted by Gasteiger charge is 1.97. The van der Waals surface area contributed by atoms with Gasteiger partial charge in [0.2, 0.25) is 5.91 Å². The van der Waals surface area contributed by atoms with Crippen LogP contribution in [-0.2, 0) is 4.79 Å². The molecule has 4 nitrogen and oxygen atoms in total. The Morgan fingerprint density at radius 1 is 1.64 bits per heavy atom. The average Bonchev–Trinajstić information content (AvgIpc) is 2.06. The van der Waals surface area contributed by atoms with Crippen molar-refractivity contribution >= 4 is 11.7 Å². The minimum Gasteiger partial charge on any atom is -0.318 e. The Bertz CT molecular complexity index is 235. The number of hydrogen-bond donors (Lipinski definition) is 2. The van der Waals surface area contributed by atoms with Crippen LogP contribution in [0.25, 0.3) is 0 Å². The van der Waals surface area contributed by atoms with Crippen LogP contribution in [0.3, 0.4) is 0 Å². The number of nitrogens with one attached hydrogen (secondary N) is 1. The van der Waals surface area contributed by atoms with Crippen molar-refractivity contribution < 1.29 is 4.79 Å². The largest absolute Gasteiger partial charge is 0.318 e. The predicted molar refractivity (Wildman–Crippen MR) is 41.4 cm³/mol. The molecule has 0 spiro atoms. The molecule has 0 fully saturated rings. The maximum atomic E-state index is 10.6. The number of pyridine rings is 1. The van der Waals surface area contributed by atoms with Crippen molar-refractivity contribution in [2.75, 3.05) is 5.32 Å². The van der Waals surface area contributed by atoms with Gasteiger partial charge < -0.3 is 11.1 Å². The lowest BCUT2D eigenvalue weighted by Crippen LogP contribution is -2.16. The molecule has 0 aliphatic rings. The van der Waals surface area contributed by atoms with Gasteiger partial charge in [0.05, 0.1) is 0 Å². The van der Waals surface area contributed by atoms with Gasteiger partial charge in [0.1, 0.15) is 12.4 Å². The van der Waals surface area contributed by atoms with E-state index in [0.29, 0.717) is 5.82 Å². The number of anilines is 1. The molecule has 0 aliphatic carbocycles. The maximum Gasteiger partial charge on any atom is 0.244 e. The lowest BCUT2D eigenvalue weighted by atomic mass is 10.4. The third kappa shape index (κ3) is 2.35. The Morgan fingerprint density at radius 2 is 2.45 bits per heavy atom. The van der Waals surface area contributed by atoms with Gasteiger partial charge in [0, 0.05) is 6.20 Å². The SMILES string of the molecule is N[CH]C(=O)Nc1ccccn1. The van der Waals surface area contributed by atoms with Crippen LogP contribution in [0.2, 0.25) is 0 Å². The van der Waals surface area contributed by atoms with E-state index in [-0.39, 0.29) is 5.91 Å². The molecule has 0 aromatic carbocycles. The van der Waals surface area contributed by atoms with Crippen molar-refractivity contribution in [2.45, 2.75) is 0 Å². The number of nitrogens with two attached hydrogens (primary N) is 1. The Hall–Kier alpha value is -1.42. The van der Waals surface area contributed by atoms with Crippen LogP contribution in [0.15, 0.2) is 24.4 Å². The molecule has 1 aromatic rings.